The predicted molar refractivity (Wildman–Crippen MR) is 90.4 cm³/mol. The average Bonchev–Trinajstić information content (AvgIpc) is 2.60. The number of nitrogens with one attached hydrogen (secondary N) is 1. The van der Waals surface area contributed by atoms with E-state index in [9.17, 15) is 8.42 Å². The number of benzene rings is 1. The van der Waals surface area contributed by atoms with Crippen molar-refractivity contribution in [3.63, 3.8) is 0 Å². The smallest absolute Gasteiger partial charge is 0.242 e. The number of hydrogen-bond donors (Lipinski definition) is 1. The molecule has 1 fully saturated rings. The van der Waals surface area contributed by atoms with Crippen LogP contribution in [0.4, 0.5) is 0 Å². The molecule has 1 aliphatic rings. The van der Waals surface area contributed by atoms with Crippen LogP contribution in [0.15, 0.2) is 23.1 Å². The molecule has 1 aromatic carbocycles. The zero-order chi connectivity index (χ0) is 15.7. The van der Waals surface area contributed by atoms with Crippen LogP contribution >= 0.6 is 22.9 Å². The van der Waals surface area contributed by atoms with Crippen molar-refractivity contribution in [1.29, 1.82) is 0 Å². The fourth-order valence-electron chi connectivity index (χ4n) is 2.80. The molecule has 0 saturated carbocycles. The van der Waals surface area contributed by atoms with Gasteiger partial charge < -0.3 is 4.74 Å². The quantitative estimate of drug-likeness (QED) is 0.908. The lowest BCUT2D eigenvalue weighted by Crippen LogP contribution is -2.35. The summed E-state index contributed by atoms with van der Waals surface area (Å²) < 4.78 is 34.8. The third-order valence-electron chi connectivity index (χ3n) is 3.81. The highest BCUT2D eigenvalue weighted by Gasteiger charge is 2.26. The molecule has 7 heteroatoms. The van der Waals surface area contributed by atoms with Crippen LogP contribution in [-0.2, 0) is 14.8 Å². The van der Waals surface area contributed by atoms with Crippen molar-refractivity contribution in [2.75, 3.05) is 13.2 Å². The average molecular weight is 360 g/mol. The molecule has 0 bridgehead atoms. The first-order valence-corrected chi connectivity index (χ1v) is 9.94. The summed E-state index contributed by atoms with van der Waals surface area (Å²) >= 11 is 7.51. The minimum atomic E-state index is -3.56. The fourth-order valence-corrected chi connectivity index (χ4v) is 6.06. The molecule has 22 heavy (non-hydrogen) atoms. The third kappa shape index (κ3) is 3.31. The molecular formula is C15H18ClNO3S2. The molecule has 0 radical (unpaired) electrons. The Hall–Kier alpha value is -0.660. The van der Waals surface area contributed by atoms with Gasteiger partial charge in [-0.05, 0) is 44.4 Å². The van der Waals surface area contributed by atoms with Crippen LogP contribution in [0.2, 0.25) is 5.02 Å². The molecule has 1 atom stereocenters. The van der Waals surface area contributed by atoms with Crippen molar-refractivity contribution < 1.29 is 13.2 Å². The normalized spacial score (nSPS) is 20.2. The van der Waals surface area contributed by atoms with E-state index in [0.717, 1.165) is 22.4 Å². The monoisotopic (exact) mass is 359 g/mol. The molecule has 0 amide bonds. The van der Waals surface area contributed by atoms with Crippen LogP contribution in [0.5, 0.6) is 0 Å². The zero-order valence-corrected chi connectivity index (χ0v) is 14.7. The summed E-state index contributed by atoms with van der Waals surface area (Å²) in [7, 11) is -3.56. The van der Waals surface area contributed by atoms with Crippen molar-refractivity contribution >= 4 is 43.0 Å². The maximum atomic E-state index is 12.8. The molecule has 2 heterocycles. The Labute approximate surface area is 139 Å². The van der Waals surface area contributed by atoms with Crippen LogP contribution in [0.1, 0.15) is 24.1 Å². The molecule has 0 aliphatic carbocycles. The number of rotatable bonds is 3. The van der Waals surface area contributed by atoms with Crippen molar-refractivity contribution in [3.05, 3.63) is 28.1 Å². The Balaban J connectivity index is 1.97. The molecule has 1 aromatic heterocycles. The molecule has 1 aliphatic heterocycles. The number of sulfonamides is 1. The maximum absolute atomic E-state index is 12.8. The van der Waals surface area contributed by atoms with Gasteiger partial charge in [0, 0.05) is 39.2 Å². The first kappa shape index (κ1) is 16.2. The van der Waals surface area contributed by atoms with Gasteiger partial charge in [0.1, 0.15) is 4.90 Å². The van der Waals surface area contributed by atoms with Crippen molar-refractivity contribution in [2.45, 2.75) is 37.1 Å². The van der Waals surface area contributed by atoms with Crippen LogP contribution in [0.3, 0.4) is 0 Å². The summed E-state index contributed by atoms with van der Waals surface area (Å²) in [5, 5.41) is 1.25. The number of hydrogen-bond acceptors (Lipinski definition) is 4. The second-order valence-corrected chi connectivity index (χ2v) is 8.83. The highest BCUT2D eigenvalue weighted by Crippen LogP contribution is 2.35. The summed E-state index contributed by atoms with van der Waals surface area (Å²) in [5.41, 5.74) is 0. The lowest BCUT2D eigenvalue weighted by atomic mass is 10.1. The summed E-state index contributed by atoms with van der Waals surface area (Å²) in [4.78, 5) is 1.15. The van der Waals surface area contributed by atoms with Crippen molar-refractivity contribution in [1.82, 2.24) is 4.72 Å². The Morgan fingerprint density at radius 3 is 2.95 bits per heavy atom. The molecule has 2 aromatic rings. The standard InChI is InChI=1S/C15H18ClNO3S2/c1-10-15(13-9-11(16)4-5-14(13)21-10)22(18,19)17-12-3-2-7-20-8-6-12/h4-5,9,12,17H,2-3,6-8H2,1H3. The number of halogens is 1. The van der Waals surface area contributed by atoms with Crippen LogP contribution < -0.4 is 4.72 Å². The molecule has 3 rings (SSSR count). The zero-order valence-electron chi connectivity index (χ0n) is 12.3. The Kier molecular flexibility index (Phi) is 4.75. The van der Waals surface area contributed by atoms with E-state index in [0.29, 0.717) is 34.9 Å². The van der Waals surface area contributed by atoms with Crippen molar-refractivity contribution in [2.24, 2.45) is 0 Å². The topological polar surface area (TPSA) is 55.4 Å². The molecule has 1 unspecified atom stereocenters. The van der Waals surface area contributed by atoms with E-state index in [2.05, 4.69) is 4.72 Å². The van der Waals surface area contributed by atoms with Crippen LogP contribution in [0.25, 0.3) is 10.1 Å². The largest absolute Gasteiger partial charge is 0.381 e. The van der Waals surface area contributed by atoms with Crippen LogP contribution in [0, 0.1) is 6.92 Å². The van der Waals surface area contributed by atoms with E-state index < -0.39 is 10.0 Å². The highest BCUT2D eigenvalue weighted by atomic mass is 35.5. The van der Waals surface area contributed by atoms with E-state index >= 15 is 0 Å². The van der Waals surface area contributed by atoms with Gasteiger partial charge in [-0.15, -0.1) is 11.3 Å². The Morgan fingerprint density at radius 1 is 1.32 bits per heavy atom. The molecular weight excluding hydrogens is 342 g/mol. The van der Waals surface area contributed by atoms with Gasteiger partial charge in [-0.1, -0.05) is 11.6 Å². The summed E-state index contributed by atoms with van der Waals surface area (Å²) in [6.45, 7) is 3.14. The SMILES string of the molecule is Cc1sc2ccc(Cl)cc2c1S(=O)(=O)NC1CCCOCC1. The van der Waals surface area contributed by atoms with Gasteiger partial charge >= 0.3 is 0 Å². The van der Waals surface area contributed by atoms with E-state index in [1.165, 1.54) is 11.3 Å². The third-order valence-corrected chi connectivity index (χ3v) is 6.97. The Bertz CT molecular complexity index is 777. The van der Waals surface area contributed by atoms with Crippen molar-refractivity contribution in [3.8, 4) is 0 Å². The second kappa shape index (κ2) is 6.45. The first-order chi connectivity index (χ1) is 10.5. The highest BCUT2D eigenvalue weighted by molar-refractivity contribution is 7.90. The molecule has 0 spiro atoms. The first-order valence-electron chi connectivity index (χ1n) is 7.26. The van der Waals surface area contributed by atoms with E-state index in [-0.39, 0.29) is 6.04 Å². The summed E-state index contributed by atoms with van der Waals surface area (Å²) in [5.74, 6) is 0. The maximum Gasteiger partial charge on any atom is 0.242 e. The minimum absolute atomic E-state index is 0.0685. The van der Waals surface area contributed by atoms with Gasteiger partial charge in [-0.25, -0.2) is 13.1 Å². The number of thiophene rings is 1. The molecule has 1 N–H and O–H groups in total. The van der Waals surface area contributed by atoms with Gasteiger partial charge in [0.25, 0.3) is 0 Å². The number of aryl methyl sites for hydroxylation is 1. The summed E-state index contributed by atoms with van der Waals surface area (Å²) in [6, 6.07) is 5.31. The van der Waals surface area contributed by atoms with Gasteiger partial charge in [0.15, 0.2) is 0 Å². The predicted octanol–water partition coefficient (Wildman–Crippen LogP) is 3.71. The van der Waals surface area contributed by atoms with Crippen LogP contribution in [-0.4, -0.2) is 27.7 Å². The van der Waals surface area contributed by atoms with Gasteiger partial charge in [-0.2, -0.15) is 0 Å². The summed E-state index contributed by atoms with van der Waals surface area (Å²) in [6.07, 6.45) is 2.39. The number of fused-ring (bicyclic) bond motifs is 1. The lowest BCUT2D eigenvalue weighted by molar-refractivity contribution is 0.143. The minimum Gasteiger partial charge on any atom is -0.381 e. The molecule has 120 valence electrons. The van der Waals surface area contributed by atoms with E-state index in [1.807, 2.05) is 13.0 Å². The van der Waals surface area contributed by atoms with Gasteiger partial charge in [0.05, 0.1) is 0 Å². The van der Waals surface area contributed by atoms with Gasteiger partial charge in [-0.3, -0.25) is 0 Å². The Morgan fingerprint density at radius 2 is 2.14 bits per heavy atom. The lowest BCUT2D eigenvalue weighted by Gasteiger charge is -2.16. The molecule has 4 nitrogen and oxygen atoms in total. The second-order valence-electron chi connectivity index (χ2n) is 5.49. The van der Waals surface area contributed by atoms with E-state index in [1.54, 1.807) is 12.1 Å². The van der Waals surface area contributed by atoms with Gasteiger partial charge in [0.2, 0.25) is 10.0 Å². The fraction of sp³-hybridized carbons (Fsp3) is 0.467. The molecule has 1 saturated heterocycles. The number of ether oxygens (including phenoxy) is 1. The van der Waals surface area contributed by atoms with E-state index in [4.69, 9.17) is 16.3 Å².